The van der Waals surface area contributed by atoms with Crippen LogP contribution in [0.5, 0.6) is 0 Å². The van der Waals surface area contributed by atoms with E-state index in [1.807, 2.05) is 0 Å². The fourth-order valence-corrected chi connectivity index (χ4v) is 1.64. The van der Waals surface area contributed by atoms with E-state index >= 15 is 0 Å². The van der Waals surface area contributed by atoms with Crippen LogP contribution in [0.1, 0.15) is 11.3 Å². The van der Waals surface area contributed by atoms with Gasteiger partial charge in [-0.2, -0.15) is 13.2 Å². The van der Waals surface area contributed by atoms with E-state index in [0.717, 1.165) is 6.07 Å². The van der Waals surface area contributed by atoms with Crippen LogP contribution in [0.25, 0.3) is 10.9 Å². The van der Waals surface area contributed by atoms with Crippen molar-refractivity contribution in [1.29, 1.82) is 0 Å². The van der Waals surface area contributed by atoms with Gasteiger partial charge in [0.25, 0.3) is 5.69 Å². The lowest BCUT2D eigenvalue weighted by Gasteiger charge is -2.10. The summed E-state index contributed by atoms with van der Waals surface area (Å²) < 4.78 is 38.5. The Morgan fingerprint density at radius 2 is 1.94 bits per heavy atom. The third-order valence-electron chi connectivity index (χ3n) is 2.43. The van der Waals surface area contributed by atoms with Gasteiger partial charge in [0.2, 0.25) is 0 Å². The number of hydrogen-bond acceptors (Lipinski definition) is 3. The van der Waals surface area contributed by atoms with E-state index in [1.165, 1.54) is 12.1 Å². The highest BCUT2D eigenvalue weighted by Crippen LogP contribution is 2.36. The van der Waals surface area contributed by atoms with Gasteiger partial charge in [-0.1, -0.05) is 6.07 Å². The number of pyridine rings is 1. The van der Waals surface area contributed by atoms with Gasteiger partial charge in [0.15, 0.2) is 0 Å². The van der Waals surface area contributed by atoms with Gasteiger partial charge in [-0.15, -0.1) is 0 Å². The number of halogens is 3. The number of alkyl halides is 3. The molecule has 0 unspecified atom stereocenters. The molecule has 94 valence electrons. The standard InChI is InChI=1S/C11H7F3N2O2/c1-6-2-3-7-4-8(16(17)18)5-9(10(7)15-6)11(12,13)14/h2-5H,1H3. The zero-order chi connectivity index (χ0) is 13.5. The molecule has 18 heavy (non-hydrogen) atoms. The lowest BCUT2D eigenvalue weighted by atomic mass is 10.1. The Morgan fingerprint density at radius 1 is 1.28 bits per heavy atom. The summed E-state index contributed by atoms with van der Waals surface area (Å²) in [6, 6.07) is 4.48. The smallest absolute Gasteiger partial charge is 0.258 e. The van der Waals surface area contributed by atoms with E-state index in [0.29, 0.717) is 11.8 Å². The lowest BCUT2D eigenvalue weighted by Crippen LogP contribution is -2.08. The predicted octanol–water partition coefficient (Wildman–Crippen LogP) is 3.47. The fourth-order valence-electron chi connectivity index (χ4n) is 1.64. The molecule has 0 aliphatic carbocycles. The third kappa shape index (κ3) is 2.11. The van der Waals surface area contributed by atoms with Gasteiger partial charge in [0, 0.05) is 23.2 Å². The summed E-state index contributed by atoms with van der Waals surface area (Å²) in [4.78, 5) is 13.6. The first-order valence-corrected chi connectivity index (χ1v) is 4.92. The average molecular weight is 256 g/mol. The maximum atomic E-state index is 12.8. The van der Waals surface area contributed by atoms with Gasteiger partial charge in [-0.3, -0.25) is 15.1 Å². The highest BCUT2D eigenvalue weighted by atomic mass is 19.4. The van der Waals surface area contributed by atoms with Crippen LogP contribution in [0.4, 0.5) is 18.9 Å². The SMILES string of the molecule is Cc1ccc2cc([N+](=O)[O-])cc(C(F)(F)F)c2n1. The molecule has 0 atom stereocenters. The highest BCUT2D eigenvalue weighted by molar-refractivity contribution is 5.85. The Morgan fingerprint density at radius 3 is 2.50 bits per heavy atom. The largest absolute Gasteiger partial charge is 0.418 e. The molecule has 0 saturated heterocycles. The molecule has 0 aliphatic rings. The van der Waals surface area contributed by atoms with Crippen LogP contribution < -0.4 is 0 Å². The summed E-state index contributed by atoms with van der Waals surface area (Å²) in [5.41, 5.74) is -1.54. The molecule has 4 nitrogen and oxygen atoms in total. The van der Waals surface area contributed by atoms with Crippen LogP contribution in [0.3, 0.4) is 0 Å². The second-order valence-electron chi connectivity index (χ2n) is 3.77. The van der Waals surface area contributed by atoms with Crippen molar-refractivity contribution < 1.29 is 18.1 Å². The van der Waals surface area contributed by atoms with Gasteiger partial charge >= 0.3 is 6.18 Å². The van der Waals surface area contributed by atoms with Crippen LogP contribution in [-0.4, -0.2) is 9.91 Å². The molecule has 0 bridgehead atoms. The van der Waals surface area contributed by atoms with E-state index in [4.69, 9.17) is 0 Å². The van der Waals surface area contributed by atoms with Gasteiger partial charge < -0.3 is 0 Å². The van der Waals surface area contributed by atoms with Gasteiger partial charge in [0.05, 0.1) is 16.0 Å². The van der Waals surface area contributed by atoms with E-state index < -0.39 is 22.4 Å². The summed E-state index contributed by atoms with van der Waals surface area (Å²) in [7, 11) is 0. The number of nitro benzene ring substituents is 1. The van der Waals surface area contributed by atoms with Crippen molar-refractivity contribution in [1.82, 2.24) is 4.98 Å². The minimum absolute atomic E-state index is 0.0992. The van der Waals surface area contributed by atoms with E-state index in [-0.39, 0.29) is 10.9 Å². The summed E-state index contributed by atoms with van der Waals surface area (Å²) in [5.74, 6) is 0. The first-order valence-electron chi connectivity index (χ1n) is 4.92. The summed E-state index contributed by atoms with van der Waals surface area (Å²) in [6.07, 6.45) is -4.68. The van der Waals surface area contributed by atoms with Crippen molar-refractivity contribution in [3.63, 3.8) is 0 Å². The molecular formula is C11H7F3N2O2. The number of nitrogens with zero attached hydrogens (tertiary/aromatic N) is 2. The summed E-state index contributed by atoms with van der Waals surface area (Å²) in [6.45, 7) is 1.56. The number of benzene rings is 1. The summed E-state index contributed by atoms with van der Waals surface area (Å²) >= 11 is 0. The topological polar surface area (TPSA) is 56.0 Å². The van der Waals surface area contributed by atoms with E-state index in [2.05, 4.69) is 4.98 Å². The minimum Gasteiger partial charge on any atom is -0.258 e. The second kappa shape index (κ2) is 3.94. The van der Waals surface area contributed by atoms with Gasteiger partial charge in [-0.05, 0) is 13.0 Å². The molecule has 1 aromatic heterocycles. The average Bonchev–Trinajstić information content (AvgIpc) is 2.26. The molecule has 2 rings (SSSR count). The number of non-ortho nitro benzene ring substituents is 1. The molecule has 0 amide bonds. The summed E-state index contributed by atoms with van der Waals surface area (Å²) in [5, 5.41) is 10.7. The maximum Gasteiger partial charge on any atom is 0.418 e. The van der Waals surface area contributed by atoms with Crippen LogP contribution in [0.15, 0.2) is 24.3 Å². The zero-order valence-corrected chi connectivity index (χ0v) is 9.15. The fraction of sp³-hybridized carbons (Fsp3) is 0.182. The Hall–Kier alpha value is -2.18. The monoisotopic (exact) mass is 256 g/mol. The van der Waals surface area contributed by atoms with E-state index in [9.17, 15) is 23.3 Å². The van der Waals surface area contributed by atoms with Crippen molar-refractivity contribution in [2.24, 2.45) is 0 Å². The molecular weight excluding hydrogens is 249 g/mol. The number of aromatic nitrogens is 1. The number of nitro groups is 1. The Balaban J connectivity index is 2.86. The molecule has 1 heterocycles. The normalized spacial score (nSPS) is 11.8. The minimum atomic E-state index is -4.68. The third-order valence-corrected chi connectivity index (χ3v) is 2.43. The molecule has 2 aromatic rings. The predicted molar refractivity (Wildman–Crippen MR) is 58.1 cm³/mol. The highest BCUT2D eigenvalue weighted by Gasteiger charge is 2.35. The van der Waals surface area contributed by atoms with Crippen molar-refractivity contribution in [2.75, 3.05) is 0 Å². The Kier molecular flexibility index (Phi) is 2.68. The molecule has 0 spiro atoms. The van der Waals surface area contributed by atoms with E-state index in [1.54, 1.807) is 6.92 Å². The zero-order valence-electron chi connectivity index (χ0n) is 9.15. The quantitative estimate of drug-likeness (QED) is 0.579. The Bertz CT molecular complexity index is 638. The number of fused-ring (bicyclic) bond motifs is 1. The van der Waals surface area contributed by atoms with Crippen LogP contribution in [0.2, 0.25) is 0 Å². The van der Waals surface area contributed by atoms with Gasteiger partial charge in [-0.25, -0.2) is 0 Å². The number of aryl methyl sites for hydroxylation is 1. The van der Waals surface area contributed by atoms with Crippen LogP contribution in [0, 0.1) is 17.0 Å². The maximum absolute atomic E-state index is 12.8. The first-order chi connectivity index (χ1) is 8.29. The molecule has 1 aromatic carbocycles. The van der Waals surface area contributed by atoms with Crippen molar-refractivity contribution in [3.05, 3.63) is 45.6 Å². The van der Waals surface area contributed by atoms with Crippen LogP contribution >= 0.6 is 0 Å². The molecule has 0 radical (unpaired) electrons. The molecule has 7 heteroatoms. The Labute approximate surface area is 99.2 Å². The molecule has 0 fully saturated rings. The number of rotatable bonds is 1. The van der Waals surface area contributed by atoms with Crippen molar-refractivity contribution in [2.45, 2.75) is 13.1 Å². The second-order valence-corrected chi connectivity index (χ2v) is 3.77. The van der Waals surface area contributed by atoms with Crippen molar-refractivity contribution in [3.8, 4) is 0 Å². The molecule has 0 N–H and O–H groups in total. The lowest BCUT2D eigenvalue weighted by molar-refractivity contribution is -0.385. The van der Waals surface area contributed by atoms with Crippen molar-refractivity contribution >= 4 is 16.6 Å². The van der Waals surface area contributed by atoms with Gasteiger partial charge in [0.1, 0.15) is 0 Å². The molecule has 0 saturated carbocycles. The molecule has 0 aliphatic heterocycles. The number of hydrogen-bond donors (Lipinski definition) is 0. The van der Waals surface area contributed by atoms with Crippen LogP contribution in [-0.2, 0) is 6.18 Å². The first kappa shape index (κ1) is 12.3.